The van der Waals surface area contributed by atoms with Crippen LogP contribution in [-0.4, -0.2) is 29.7 Å². The van der Waals surface area contributed by atoms with Gasteiger partial charge >= 0.3 is 0 Å². The number of hydrogen-bond donors (Lipinski definition) is 0. The van der Waals surface area contributed by atoms with E-state index >= 15 is 0 Å². The number of fused-ring (bicyclic) bond motifs is 1. The van der Waals surface area contributed by atoms with E-state index in [1.807, 2.05) is 36.4 Å². The first kappa shape index (κ1) is 14.0. The maximum absolute atomic E-state index is 12.4. The number of carbonyl (C=O) groups is 1. The van der Waals surface area contributed by atoms with Crippen LogP contribution >= 0.6 is 0 Å². The number of benzodiazepines with no additional fused rings is 1. The van der Waals surface area contributed by atoms with E-state index in [0.717, 1.165) is 22.5 Å². The lowest BCUT2D eigenvalue weighted by Gasteiger charge is -2.19. The van der Waals surface area contributed by atoms with Crippen molar-refractivity contribution in [2.75, 3.05) is 11.9 Å². The standard InChI is InChI=1S/C18H15N3O/c1-4-13-8-9-16-14(11-13)17(15-7-5-6-10-19-15)20-12(2)18(22)21(16)3/h1,5-12H,2-3H3. The molecule has 1 unspecified atom stereocenters. The van der Waals surface area contributed by atoms with Gasteiger partial charge in [0.25, 0.3) is 5.91 Å². The van der Waals surface area contributed by atoms with Gasteiger partial charge in [0.1, 0.15) is 6.04 Å². The molecule has 108 valence electrons. The number of rotatable bonds is 1. The molecular weight excluding hydrogens is 274 g/mol. The quantitative estimate of drug-likeness (QED) is 0.756. The Labute approximate surface area is 129 Å². The molecule has 4 nitrogen and oxygen atoms in total. The Morgan fingerprint density at radius 3 is 2.77 bits per heavy atom. The predicted octanol–water partition coefficient (Wildman–Crippen LogP) is 2.27. The summed E-state index contributed by atoms with van der Waals surface area (Å²) in [4.78, 5) is 23.0. The normalized spacial score (nSPS) is 17.3. The van der Waals surface area contributed by atoms with Crippen LogP contribution in [0.4, 0.5) is 5.69 Å². The smallest absolute Gasteiger partial charge is 0.251 e. The largest absolute Gasteiger partial charge is 0.313 e. The van der Waals surface area contributed by atoms with Gasteiger partial charge in [-0.2, -0.15) is 0 Å². The first-order chi connectivity index (χ1) is 10.6. The van der Waals surface area contributed by atoms with Crippen LogP contribution in [0.5, 0.6) is 0 Å². The third-order valence-electron chi connectivity index (χ3n) is 3.70. The SMILES string of the molecule is C#Cc1ccc2c(c1)C(c1ccccn1)=NC(C)C(=O)N2C. The first-order valence-corrected chi connectivity index (χ1v) is 6.99. The maximum atomic E-state index is 12.4. The Hall–Kier alpha value is -2.93. The highest BCUT2D eigenvalue weighted by Crippen LogP contribution is 2.28. The zero-order chi connectivity index (χ0) is 15.7. The number of terminal acetylenes is 1. The fraction of sp³-hybridized carbons (Fsp3) is 0.167. The van der Waals surface area contributed by atoms with Crippen molar-refractivity contribution in [1.29, 1.82) is 0 Å². The van der Waals surface area contributed by atoms with Gasteiger partial charge in [0.05, 0.1) is 17.1 Å². The molecule has 1 aromatic carbocycles. The number of carbonyl (C=O) groups excluding carboxylic acids is 1. The summed E-state index contributed by atoms with van der Waals surface area (Å²) in [5.41, 5.74) is 3.79. The average Bonchev–Trinajstić information content (AvgIpc) is 2.66. The molecule has 2 heterocycles. The van der Waals surface area contributed by atoms with Crippen molar-refractivity contribution in [3.05, 3.63) is 59.4 Å². The summed E-state index contributed by atoms with van der Waals surface area (Å²) in [5.74, 6) is 2.57. The number of hydrogen-bond acceptors (Lipinski definition) is 3. The van der Waals surface area contributed by atoms with Crippen LogP contribution in [0.15, 0.2) is 47.6 Å². The van der Waals surface area contributed by atoms with Gasteiger partial charge < -0.3 is 4.90 Å². The van der Waals surface area contributed by atoms with E-state index in [0.29, 0.717) is 5.71 Å². The van der Waals surface area contributed by atoms with E-state index in [9.17, 15) is 4.79 Å². The Kier molecular flexibility index (Phi) is 3.48. The molecule has 4 heteroatoms. The molecule has 2 aromatic rings. The fourth-order valence-corrected chi connectivity index (χ4v) is 2.53. The third-order valence-corrected chi connectivity index (χ3v) is 3.70. The minimum atomic E-state index is -0.469. The lowest BCUT2D eigenvalue weighted by Crippen LogP contribution is -2.32. The van der Waals surface area contributed by atoms with Gasteiger partial charge in [-0.25, -0.2) is 0 Å². The van der Waals surface area contributed by atoms with Crippen molar-refractivity contribution >= 4 is 17.3 Å². The molecule has 0 spiro atoms. The van der Waals surface area contributed by atoms with Crippen LogP contribution in [0, 0.1) is 12.3 Å². The van der Waals surface area contributed by atoms with Crippen LogP contribution in [0.3, 0.4) is 0 Å². The average molecular weight is 289 g/mol. The van der Waals surface area contributed by atoms with Crippen molar-refractivity contribution in [1.82, 2.24) is 4.98 Å². The topological polar surface area (TPSA) is 45.6 Å². The van der Waals surface area contributed by atoms with Crippen molar-refractivity contribution in [2.24, 2.45) is 4.99 Å². The lowest BCUT2D eigenvalue weighted by atomic mass is 10.0. The molecule has 0 fully saturated rings. The number of aliphatic imine (C=N–C) groups is 1. The first-order valence-electron chi connectivity index (χ1n) is 6.99. The van der Waals surface area contributed by atoms with Gasteiger partial charge in [-0.05, 0) is 37.3 Å². The van der Waals surface area contributed by atoms with E-state index in [4.69, 9.17) is 6.42 Å². The molecule has 0 N–H and O–H groups in total. The molecular formula is C18H15N3O. The Balaban J connectivity index is 2.29. The van der Waals surface area contributed by atoms with E-state index in [-0.39, 0.29) is 5.91 Å². The van der Waals surface area contributed by atoms with Crippen LogP contribution in [-0.2, 0) is 4.79 Å². The van der Waals surface area contributed by atoms with Crippen molar-refractivity contribution in [3.63, 3.8) is 0 Å². The van der Waals surface area contributed by atoms with Gasteiger partial charge in [-0.15, -0.1) is 6.42 Å². The van der Waals surface area contributed by atoms with E-state index in [1.54, 1.807) is 25.1 Å². The van der Waals surface area contributed by atoms with Gasteiger partial charge in [-0.1, -0.05) is 12.0 Å². The van der Waals surface area contributed by atoms with Gasteiger partial charge in [0.15, 0.2) is 0 Å². The summed E-state index contributed by atoms with van der Waals surface area (Å²) in [5, 5.41) is 0. The highest BCUT2D eigenvalue weighted by atomic mass is 16.2. The Morgan fingerprint density at radius 1 is 1.27 bits per heavy atom. The Bertz CT molecular complexity index is 803. The highest BCUT2D eigenvalue weighted by molar-refractivity contribution is 6.19. The zero-order valence-corrected chi connectivity index (χ0v) is 12.4. The van der Waals surface area contributed by atoms with E-state index in [2.05, 4.69) is 15.9 Å². The number of benzene rings is 1. The molecule has 1 aromatic heterocycles. The minimum absolute atomic E-state index is 0.0550. The lowest BCUT2D eigenvalue weighted by molar-refractivity contribution is -0.119. The van der Waals surface area contributed by atoms with E-state index in [1.165, 1.54) is 0 Å². The Morgan fingerprint density at radius 2 is 2.09 bits per heavy atom. The van der Waals surface area contributed by atoms with Gasteiger partial charge in [-0.3, -0.25) is 14.8 Å². The molecule has 1 aliphatic heterocycles. The number of anilines is 1. The van der Waals surface area contributed by atoms with Crippen LogP contribution in [0.25, 0.3) is 0 Å². The third kappa shape index (κ3) is 2.27. The summed E-state index contributed by atoms with van der Waals surface area (Å²) >= 11 is 0. The van der Waals surface area contributed by atoms with Crippen LogP contribution in [0.1, 0.15) is 23.7 Å². The maximum Gasteiger partial charge on any atom is 0.251 e. The molecule has 3 rings (SSSR count). The highest BCUT2D eigenvalue weighted by Gasteiger charge is 2.27. The molecule has 0 saturated carbocycles. The van der Waals surface area contributed by atoms with Gasteiger partial charge in [0, 0.05) is 24.4 Å². The summed E-state index contributed by atoms with van der Waals surface area (Å²) in [6.07, 6.45) is 7.22. The second kappa shape index (κ2) is 5.45. The second-order valence-electron chi connectivity index (χ2n) is 5.14. The monoisotopic (exact) mass is 289 g/mol. The fourth-order valence-electron chi connectivity index (χ4n) is 2.53. The van der Waals surface area contributed by atoms with Crippen molar-refractivity contribution < 1.29 is 4.79 Å². The molecule has 0 aliphatic carbocycles. The summed E-state index contributed by atoms with van der Waals surface area (Å²) in [6, 6.07) is 10.7. The van der Waals surface area contributed by atoms with E-state index < -0.39 is 6.04 Å². The molecule has 0 bridgehead atoms. The number of nitrogens with zero attached hydrogens (tertiary/aromatic N) is 3. The number of likely N-dealkylation sites (N-methyl/N-ethyl adjacent to an activating group) is 1. The number of pyridine rings is 1. The van der Waals surface area contributed by atoms with Gasteiger partial charge in [0.2, 0.25) is 0 Å². The molecule has 1 aliphatic rings. The zero-order valence-electron chi connectivity index (χ0n) is 12.4. The van der Waals surface area contributed by atoms with Crippen molar-refractivity contribution in [3.8, 4) is 12.3 Å². The molecule has 1 atom stereocenters. The molecule has 1 amide bonds. The summed E-state index contributed by atoms with van der Waals surface area (Å²) in [7, 11) is 1.75. The van der Waals surface area contributed by atoms with Crippen LogP contribution < -0.4 is 4.90 Å². The van der Waals surface area contributed by atoms with Crippen molar-refractivity contribution in [2.45, 2.75) is 13.0 Å². The second-order valence-corrected chi connectivity index (χ2v) is 5.14. The molecule has 0 radical (unpaired) electrons. The summed E-state index contributed by atoms with van der Waals surface area (Å²) in [6.45, 7) is 1.79. The molecule has 22 heavy (non-hydrogen) atoms. The van der Waals surface area contributed by atoms with Crippen LogP contribution in [0.2, 0.25) is 0 Å². The summed E-state index contributed by atoms with van der Waals surface area (Å²) < 4.78 is 0. The predicted molar refractivity (Wildman–Crippen MR) is 87.1 cm³/mol. The number of amides is 1. The number of aromatic nitrogens is 1. The molecule has 0 saturated heterocycles. The minimum Gasteiger partial charge on any atom is -0.313 e.